The van der Waals surface area contributed by atoms with Gasteiger partial charge in [0.25, 0.3) is 0 Å². The third kappa shape index (κ3) is 11.4. The summed E-state index contributed by atoms with van der Waals surface area (Å²) in [6, 6.07) is 14.2. The zero-order valence-electron chi connectivity index (χ0n) is 18.8. The minimum atomic E-state index is -0.442. The van der Waals surface area contributed by atoms with E-state index in [1.54, 1.807) is 12.1 Å². The van der Waals surface area contributed by atoms with Crippen LogP contribution in [0.2, 0.25) is 0 Å². The summed E-state index contributed by atoms with van der Waals surface area (Å²) in [5.41, 5.74) is 3.07. The molecular weight excluding hydrogens is 401 g/mol. The molecule has 0 radical (unpaired) electrons. The molecule has 0 aliphatic carbocycles. The molecule has 0 unspecified atom stereocenters. The molecule has 2 aromatic carbocycles. The van der Waals surface area contributed by atoms with Gasteiger partial charge in [0.15, 0.2) is 0 Å². The number of benzene rings is 2. The summed E-state index contributed by atoms with van der Waals surface area (Å²) in [5, 5.41) is 9.47. The molecule has 0 fully saturated rings. The molecule has 0 N–H and O–H groups in total. The standard InChI is InChI=1S/C13H17O2.C12H9NO3.Li/c1-3-15-13(14)9-5-8-12-7-4-6-11(2)10-12;1-16-12(15)10-6-4-9(5-7-10)11(13)3-2-8-14;/h4,6-7,10H,2-3,5,8-9H2,1H3;2-7H,1H3;/q-1;-2;+1/b;3-2-;. The maximum absolute atomic E-state index is 11.1. The summed E-state index contributed by atoms with van der Waals surface area (Å²) < 4.78 is 9.38. The van der Waals surface area contributed by atoms with Gasteiger partial charge in [-0.15, -0.1) is 11.6 Å². The predicted molar refractivity (Wildman–Crippen MR) is 121 cm³/mol. The van der Waals surface area contributed by atoms with Crippen LogP contribution in [0.5, 0.6) is 0 Å². The Morgan fingerprint density at radius 2 is 1.78 bits per heavy atom. The molecule has 0 heterocycles. The normalized spacial score (nSPS) is 9.69. The van der Waals surface area contributed by atoms with Crippen LogP contribution in [0.3, 0.4) is 0 Å². The Labute approximate surface area is 201 Å². The van der Waals surface area contributed by atoms with Gasteiger partial charge in [-0.05, 0) is 38.2 Å². The van der Waals surface area contributed by atoms with Crippen molar-refractivity contribution in [3.63, 3.8) is 0 Å². The van der Waals surface area contributed by atoms with Crippen LogP contribution < -0.4 is 18.9 Å². The van der Waals surface area contributed by atoms with Crippen molar-refractivity contribution < 1.29 is 42.7 Å². The Morgan fingerprint density at radius 1 is 1.12 bits per heavy atom. The fourth-order valence-electron chi connectivity index (χ4n) is 2.56. The van der Waals surface area contributed by atoms with Crippen molar-refractivity contribution in [2.75, 3.05) is 13.7 Å². The van der Waals surface area contributed by atoms with E-state index in [-0.39, 0.29) is 30.5 Å². The molecule has 0 saturated heterocycles. The number of nitrogens with zero attached hydrogens (tertiary/aromatic N) is 1. The molecule has 32 heavy (non-hydrogen) atoms. The molecule has 7 heteroatoms. The van der Waals surface area contributed by atoms with Crippen LogP contribution in [0.1, 0.15) is 46.8 Å². The second-order valence-electron chi connectivity index (χ2n) is 6.38. The quantitative estimate of drug-likeness (QED) is 0.198. The predicted octanol–water partition coefficient (Wildman–Crippen LogP) is 1.26. The van der Waals surface area contributed by atoms with Gasteiger partial charge >= 0.3 is 30.8 Å². The van der Waals surface area contributed by atoms with Crippen LogP contribution in [0.4, 0.5) is 0 Å². The summed E-state index contributed by atoms with van der Waals surface area (Å²) in [7, 11) is 1.29. The van der Waals surface area contributed by atoms with Crippen molar-refractivity contribution in [3.8, 4) is 0 Å². The molecule has 164 valence electrons. The monoisotopic (exact) mass is 427 g/mol. The molecular formula is C25H26LiNO5-2. The summed E-state index contributed by atoms with van der Waals surface area (Å²) in [5.74, 6) is -0.550. The zero-order valence-corrected chi connectivity index (χ0v) is 18.8. The van der Waals surface area contributed by atoms with Crippen molar-refractivity contribution >= 4 is 23.9 Å². The third-order valence-electron chi connectivity index (χ3n) is 4.05. The summed E-state index contributed by atoms with van der Waals surface area (Å²) in [4.78, 5) is 32.1. The van der Waals surface area contributed by atoms with E-state index in [1.165, 1.54) is 37.2 Å². The minimum Gasteiger partial charge on any atom is -0.820 e. The average Bonchev–Trinajstić information content (AvgIpc) is 2.77. The molecule has 0 bridgehead atoms. The third-order valence-corrected chi connectivity index (χ3v) is 4.05. The van der Waals surface area contributed by atoms with Crippen molar-refractivity contribution in [1.82, 2.24) is 0 Å². The minimum absolute atomic E-state index is 0. The maximum atomic E-state index is 11.1. The number of methoxy groups -OCH3 is 1. The Bertz CT molecular complexity index is 907. The fraction of sp³-hybridized carbons (Fsp3) is 0.240. The van der Waals surface area contributed by atoms with E-state index < -0.39 is 5.97 Å². The molecule has 0 aliphatic heterocycles. The molecule has 0 atom stereocenters. The van der Waals surface area contributed by atoms with E-state index in [0.717, 1.165) is 24.5 Å². The number of rotatable bonds is 9. The average molecular weight is 427 g/mol. The van der Waals surface area contributed by atoms with Gasteiger partial charge in [-0.25, -0.2) is 16.6 Å². The zero-order chi connectivity index (χ0) is 23.1. The van der Waals surface area contributed by atoms with E-state index in [1.807, 2.05) is 25.1 Å². The SMILES string of the molecule is COC(=O)c1ccc(C(=[N-])/C=C\[C-]=O)cc1.[CH2-]c1cccc(CCCC(=O)OCC)c1.[Li+]. The summed E-state index contributed by atoms with van der Waals surface area (Å²) >= 11 is 0. The van der Waals surface area contributed by atoms with Crippen LogP contribution in [0.15, 0.2) is 60.7 Å². The Morgan fingerprint density at radius 3 is 2.34 bits per heavy atom. The van der Waals surface area contributed by atoms with Crippen molar-refractivity contribution in [1.29, 1.82) is 0 Å². The Hall–Kier alpha value is -3.07. The fourth-order valence-corrected chi connectivity index (χ4v) is 2.56. The van der Waals surface area contributed by atoms with Gasteiger partial charge in [0.05, 0.1) is 19.3 Å². The Balaban J connectivity index is 0.000000584. The van der Waals surface area contributed by atoms with Crippen LogP contribution in [0.25, 0.3) is 5.41 Å². The number of carbonyl (C=O) groups excluding carboxylic acids is 3. The number of hydrogen-bond donors (Lipinski definition) is 0. The molecule has 0 saturated carbocycles. The Kier molecular flexibility index (Phi) is 15.0. The van der Waals surface area contributed by atoms with Crippen LogP contribution >= 0.6 is 0 Å². The van der Waals surface area contributed by atoms with Gasteiger partial charge < -0.3 is 19.7 Å². The van der Waals surface area contributed by atoms with Crippen LogP contribution in [-0.4, -0.2) is 37.7 Å². The smallest absolute Gasteiger partial charge is 0.820 e. The van der Waals surface area contributed by atoms with Crippen molar-refractivity contribution in [3.05, 3.63) is 95.3 Å². The van der Waals surface area contributed by atoms with E-state index in [9.17, 15) is 19.8 Å². The molecule has 6 nitrogen and oxygen atoms in total. The van der Waals surface area contributed by atoms with Gasteiger partial charge in [-0.2, -0.15) is 30.7 Å². The topological polar surface area (TPSA) is 92.0 Å². The number of esters is 2. The molecule has 2 rings (SSSR count). The van der Waals surface area contributed by atoms with Crippen molar-refractivity contribution in [2.45, 2.75) is 26.2 Å². The summed E-state index contributed by atoms with van der Waals surface area (Å²) in [6.45, 7) is 6.15. The van der Waals surface area contributed by atoms with Gasteiger partial charge in [-0.1, -0.05) is 23.8 Å². The number of ether oxygens (including phenoxy) is 2. The van der Waals surface area contributed by atoms with E-state index in [2.05, 4.69) is 17.7 Å². The van der Waals surface area contributed by atoms with E-state index in [4.69, 9.17) is 4.74 Å². The number of aryl methyl sites for hydroxylation is 1. The summed E-state index contributed by atoms with van der Waals surface area (Å²) in [6.07, 6.45) is 6.04. The first-order chi connectivity index (χ1) is 14.9. The molecule has 2 aromatic rings. The number of allylic oxidation sites excluding steroid dienone is 2. The van der Waals surface area contributed by atoms with Gasteiger partial charge in [-0.3, -0.25) is 4.79 Å². The number of carbonyl (C=O) groups is 2. The molecule has 0 spiro atoms. The van der Waals surface area contributed by atoms with Gasteiger partial charge in [0.2, 0.25) is 0 Å². The number of hydrogen-bond acceptors (Lipinski definition) is 5. The second-order valence-corrected chi connectivity index (χ2v) is 6.38. The first-order valence-electron chi connectivity index (χ1n) is 9.76. The van der Waals surface area contributed by atoms with Gasteiger partial charge in [0, 0.05) is 6.42 Å². The van der Waals surface area contributed by atoms with Crippen LogP contribution in [0, 0.1) is 6.92 Å². The van der Waals surface area contributed by atoms with E-state index >= 15 is 0 Å². The molecule has 0 aliphatic rings. The van der Waals surface area contributed by atoms with Crippen LogP contribution in [-0.2, 0) is 25.5 Å². The largest absolute Gasteiger partial charge is 1.00 e. The first-order valence-corrected chi connectivity index (χ1v) is 9.76. The first kappa shape index (κ1) is 28.9. The molecule has 0 amide bonds. The van der Waals surface area contributed by atoms with E-state index in [0.29, 0.717) is 24.2 Å². The maximum Gasteiger partial charge on any atom is 1.00 e. The molecule has 0 aromatic heterocycles. The second kappa shape index (κ2) is 16.6. The van der Waals surface area contributed by atoms with Crippen molar-refractivity contribution in [2.24, 2.45) is 0 Å². The van der Waals surface area contributed by atoms with Gasteiger partial charge in [0.1, 0.15) is 0 Å².